The monoisotopic (exact) mass is 393 g/mol. The Morgan fingerprint density at radius 2 is 1.74 bits per heavy atom. The predicted molar refractivity (Wildman–Crippen MR) is 96.1 cm³/mol. The summed E-state index contributed by atoms with van der Waals surface area (Å²) < 4.78 is 41.4. The number of nitrogens with one attached hydrogen (secondary N) is 1. The summed E-state index contributed by atoms with van der Waals surface area (Å²) in [5, 5.41) is 6.81. The first kappa shape index (κ1) is 19.0. The lowest BCUT2D eigenvalue weighted by Gasteiger charge is -2.13. The molecule has 4 nitrogen and oxygen atoms in total. The van der Waals surface area contributed by atoms with Crippen molar-refractivity contribution < 1.29 is 18.0 Å². The number of para-hydroxylation sites is 1. The van der Waals surface area contributed by atoms with Crippen LogP contribution in [-0.2, 0) is 12.6 Å². The van der Waals surface area contributed by atoms with Crippen LogP contribution in [0.3, 0.4) is 0 Å². The highest BCUT2D eigenvalue weighted by Crippen LogP contribution is 2.33. The summed E-state index contributed by atoms with van der Waals surface area (Å²) in [5.41, 5.74) is -0.607. The summed E-state index contributed by atoms with van der Waals surface area (Å²) in [6, 6.07) is 14.9. The first-order valence-corrected chi connectivity index (χ1v) is 8.48. The van der Waals surface area contributed by atoms with E-state index >= 15 is 0 Å². The predicted octanol–water partition coefficient (Wildman–Crippen LogP) is 4.52. The van der Waals surface area contributed by atoms with E-state index in [0.29, 0.717) is 11.4 Å². The summed E-state index contributed by atoms with van der Waals surface area (Å²) in [7, 11) is 0. The van der Waals surface area contributed by atoms with Crippen LogP contribution < -0.4 is 5.32 Å². The zero-order valence-corrected chi connectivity index (χ0v) is 14.8. The highest BCUT2D eigenvalue weighted by atomic mass is 35.5. The molecule has 0 fully saturated rings. The Bertz CT molecular complexity index is 939. The molecule has 1 aromatic heterocycles. The highest BCUT2D eigenvalue weighted by Gasteiger charge is 2.40. The van der Waals surface area contributed by atoms with Gasteiger partial charge in [-0.2, -0.15) is 18.3 Å². The Morgan fingerprint density at radius 1 is 1.07 bits per heavy atom. The van der Waals surface area contributed by atoms with Crippen molar-refractivity contribution in [2.45, 2.75) is 12.6 Å². The molecule has 0 aliphatic carbocycles. The largest absolute Gasteiger partial charge is 0.434 e. The highest BCUT2D eigenvalue weighted by molar-refractivity contribution is 6.31. The second-order valence-corrected chi connectivity index (χ2v) is 6.16. The molecule has 0 atom stereocenters. The van der Waals surface area contributed by atoms with Crippen molar-refractivity contribution in [1.82, 2.24) is 15.1 Å². The van der Waals surface area contributed by atoms with Crippen molar-refractivity contribution in [1.29, 1.82) is 0 Å². The van der Waals surface area contributed by atoms with Gasteiger partial charge in [-0.05, 0) is 30.2 Å². The van der Waals surface area contributed by atoms with Crippen molar-refractivity contribution in [2.24, 2.45) is 0 Å². The van der Waals surface area contributed by atoms with Gasteiger partial charge in [0.1, 0.15) is 0 Å². The quantitative estimate of drug-likeness (QED) is 0.693. The van der Waals surface area contributed by atoms with Crippen molar-refractivity contribution in [3.8, 4) is 5.69 Å². The van der Waals surface area contributed by atoms with Gasteiger partial charge < -0.3 is 5.32 Å². The van der Waals surface area contributed by atoms with Crippen LogP contribution in [0.5, 0.6) is 0 Å². The van der Waals surface area contributed by atoms with Crippen LogP contribution in [0.25, 0.3) is 5.69 Å². The van der Waals surface area contributed by atoms with Crippen LogP contribution in [-0.4, -0.2) is 22.2 Å². The first-order chi connectivity index (χ1) is 12.9. The van der Waals surface area contributed by atoms with E-state index in [9.17, 15) is 18.0 Å². The van der Waals surface area contributed by atoms with E-state index in [0.717, 1.165) is 16.4 Å². The molecular weight excluding hydrogens is 379 g/mol. The Kier molecular flexibility index (Phi) is 5.51. The summed E-state index contributed by atoms with van der Waals surface area (Å²) >= 11 is 6.04. The molecule has 3 aromatic rings. The number of carbonyl (C=O) groups excluding carboxylic acids is 1. The molecule has 1 heterocycles. The number of aromatic nitrogens is 2. The maximum atomic E-state index is 13.6. The summed E-state index contributed by atoms with van der Waals surface area (Å²) in [6.45, 7) is 0.149. The fourth-order valence-corrected chi connectivity index (χ4v) is 2.89. The zero-order valence-electron chi connectivity index (χ0n) is 14.0. The van der Waals surface area contributed by atoms with Crippen molar-refractivity contribution in [3.05, 3.63) is 82.6 Å². The number of rotatable bonds is 5. The molecule has 3 rings (SSSR count). The van der Waals surface area contributed by atoms with Crippen LogP contribution in [0.2, 0.25) is 5.02 Å². The molecule has 0 aliphatic rings. The number of nitrogens with zero attached hydrogens (tertiary/aromatic N) is 2. The number of hydrogen-bond donors (Lipinski definition) is 1. The lowest BCUT2D eigenvalue weighted by atomic mass is 10.1. The fraction of sp³-hybridized carbons (Fsp3) is 0.158. The molecule has 0 saturated heterocycles. The summed E-state index contributed by atoms with van der Waals surface area (Å²) in [5.74, 6) is -0.837. The molecule has 0 saturated carbocycles. The number of hydrogen-bond acceptors (Lipinski definition) is 2. The minimum atomic E-state index is -4.73. The van der Waals surface area contributed by atoms with Gasteiger partial charge in [0.05, 0.1) is 17.4 Å². The van der Waals surface area contributed by atoms with Gasteiger partial charge in [-0.3, -0.25) is 4.79 Å². The Morgan fingerprint density at radius 3 is 2.41 bits per heavy atom. The van der Waals surface area contributed by atoms with Gasteiger partial charge in [0.25, 0.3) is 5.91 Å². The fourth-order valence-electron chi connectivity index (χ4n) is 2.66. The first-order valence-electron chi connectivity index (χ1n) is 8.10. The minimum absolute atomic E-state index is 0.149. The molecule has 27 heavy (non-hydrogen) atoms. The van der Waals surface area contributed by atoms with E-state index in [4.69, 9.17) is 11.6 Å². The SMILES string of the molecule is O=C(NCCc1ccccc1Cl)c1cnn(-c2ccccc2)c1C(F)(F)F. The van der Waals surface area contributed by atoms with Gasteiger partial charge in [0.2, 0.25) is 0 Å². The maximum Gasteiger partial charge on any atom is 0.434 e. The van der Waals surface area contributed by atoms with Crippen LogP contribution in [0.15, 0.2) is 60.8 Å². The van der Waals surface area contributed by atoms with Crippen LogP contribution in [0, 0.1) is 0 Å². The third kappa shape index (κ3) is 4.31. The molecule has 0 radical (unpaired) electrons. The van der Waals surface area contributed by atoms with E-state index in [1.54, 1.807) is 42.5 Å². The number of benzene rings is 2. The van der Waals surface area contributed by atoms with E-state index in [-0.39, 0.29) is 12.2 Å². The number of carbonyl (C=O) groups is 1. The van der Waals surface area contributed by atoms with E-state index in [2.05, 4.69) is 10.4 Å². The van der Waals surface area contributed by atoms with Gasteiger partial charge in [-0.25, -0.2) is 4.68 Å². The second-order valence-electron chi connectivity index (χ2n) is 5.75. The van der Waals surface area contributed by atoms with Gasteiger partial charge in [0.15, 0.2) is 5.69 Å². The zero-order chi connectivity index (χ0) is 19.4. The number of alkyl halides is 3. The summed E-state index contributed by atoms with van der Waals surface area (Å²) in [6.07, 6.45) is -3.40. The Balaban J connectivity index is 1.81. The van der Waals surface area contributed by atoms with Gasteiger partial charge >= 0.3 is 6.18 Å². The molecule has 0 unspecified atom stereocenters. The van der Waals surface area contributed by atoms with Gasteiger partial charge in [-0.1, -0.05) is 48.0 Å². The number of halogens is 4. The smallest absolute Gasteiger partial charge is 0.352 e. The minimum Gasteiger partial charge on any atom is -0.352 e. The molecule has 0 bridgehead atoms. The number of amides is 1. The molecule has 1 amide bonds. The average molecular weight is 394 g/mol. The Hall–Kier alpha value is -2.80. The molecule has 0 spiro atoms. The van der Waals surface area contributed by atoms with Gasteiger partial charge in [-0.15, -0.1) is 0 Å². The lowest BCUT2D eigenvalue weighted by Crippen LogP contribution is -2.28. The van der Waals surface area contributed by atoms with Crippen LogP contribution in [0.4, 0.5) is 13.2 Å². The third-order valence-corrected chi connectivity index (χ3v) is 4.29. The van der Waals surface area contributed by atoms with Crippen LogP contribution in [0.1, 0.15) is 21.6 Å². The van der Waals surface area contributed by atoms with Crippen molar-refractivity contribution in [2.75, 3.05) is 6.54 Å². The molecule has 8 heteroatoms. The maximum absolute atomic E-state index is 13.6. The third-order valence-electron chi connectivity index (χ3n) is 3.92. The molecular formula is C19H15ClF3N3O. The normalized spacial score (nSPS) is 11.4. The van der Waals surface area contributed by atoms with E-state index in [1.165, 1.54) is 12.1 Å². The summed E-state index contributed by atoms with van der Waals surface area (Å²) in [4.78, 5) is 12.3. The standard InChI is InChI=1S/C19H15ClF3N3O/c20-16-9-5-4-6-13(16)10-11-24-18(27)15-12-25-26(17(15)19(21,22)23)14-7-2-1-3-8-14/h1-9,12H,10-11H2,(H,24,27). The Labute approximate surface area is 158 Å². The van der Waals surface area contributed by atoms with Gasteiger partial charge in [0, 0.05) is 11.6 Å². The van der Waals surface area contributed by atoms with E-state index < -0.39 is 23.3 Å². The van der Waals surface area contributed by atoms with Crippen molar-refractivity contribution >= 4 is 17.5 Å². The topological polar surface area (TPSA) is 46.9 Å². The molecule has 140 valence electrons. The molecule has 0 aliphatic heterocycles. The lowest BCUT2D eigenvalue weighted by molar-refractivity contribution is -0.143. The average Bonchev–Trinajstić information content (AvgIpc) is 3.10. The molecule has 1 N–H and O–H groups in total. The van der Waals surface area contributed by atoms with Crippen molar-refractivity contribution in [3.63, 3.8) is 0 Å². The van der Waals surface area contributed by atoms with E-state index in [1.807, 2.05) is 0 Å². The van der Waals surface area contributed by atoms with Crippen LogP contribution >= 0.6 is 11.6 Å². The molecule has 2 aromatic carbocycles. The second kappa shape index (κ2) is 7.84.